The summed E-state index contributed by atoms with van der Waals surface area (Å²) in [6.45, 7) is 0.282. The molecule has 1 atom stereocenters. The van der Waals surface area contributed by atoms with Gasteiger partial charge in [0.2, 0.25) is 0 Å². The van der Waals surface area contributed by atoms with Gasteiger partial charge in [0.05, 0.1) is 9.36 Å². The first-order valence-corrected chi connectivity index (χ1v) is 6.74. The highest BCUT2D eigenvalue weighted by Gasteiger charge is 2.15. The number of ether oxygens (including phenoxy) is 1. The first kappa shape index (κ1) is 13.6. The SMILES string of the molecule is NCC(Oc1ccc(F)cc1Cl)c1ccc(Cl)s1. The highest BCUT2D eigenvalue weighted by atomic mass is 35.5. The van der Waals surface area contributed by atoms with E-state index in [-0.39, 0.29) is 17.7 Å². The molecule has 0 spiro atoms. The summed E-state index contributed by atoms with van der Waals surface area (Å²) in [7, 11) is 0. The van der Waals surface area contributed by atoms with Crippen LogP contribution >= 0.6 is 34.5 Å². The zero-order valence-electron chi connectivity index (χ0n) is 9.20. The van der Waals surface area contributed by atoms with Crippen molar-refractivity contribution in [1.29, 1.82) is 0 Å². The van der Waals surface area contributed by atoms with Crippen molar-refractivity contribution in [1.82, 2.24) is 0 Å². The lowest BCUT2D eigenvalue weighted by Gasteiger charge is -2.16. The maximum Gasteiger partial charge on any atom is 0.145 e. The molecule has 0 aliphatic carbocycles. The molecule has 1 unspecified atom stereocenters. The van der Waals surface area contributed by atoms with Gasteiger partial charge >= 0.3 is 0 Å². The molecule has 96 valence electrons. The molecule has 1 aromatic carbocycles. The van der Waals surface area contributed by atoms with E-state index in [1.165, 1.54) is 29.5 Å². The van der Waals surface area contributed by atoms with Gasteiger partial charge in [0, 0.05) is 11.4 Å². The molecular weight excluding hydrogens is 296 g/mol. The number of rotatable bonds is 4. The maximum absolute atomic E-state index is 12.9. The van der Waals surface area contributed by atoms with E-state index in [2.05, 4.69) is 0 Å². The molecule has 2 nitrogen and oxygen atoms in total. The number of hydrogen-bond donors (Lipinski definition) is 1. The van der Waals surface area contributed by atoms with E-state index in [1.807, 2.05) is 6.07 Å². The van der Waals surface area contributed by atoms with Gasteiger partial charge in [-0.2, -0.15) is 0 Å². The number of thiophene rings is 1. The van der Waals surface area contributed by atoms with Gasteiger partial charge in [-0.3, -0.25) is 0 Å². The van der Waals surface area contributed by atoms with Crippen LogP contribution in [-0.4, -0.2) is 6.54 Å². The largest absolute Gasteiger partial charge is 0.482 e. The fraction of sp³-hybridized carbons (Fsp3) is 0.167. The van der Waals surface area contributed by atoms with Crippen LogP contribution in [0.2, 0.25) is 9.36 Å². The Morgan fingerprint density at radius 2 is 2.06 bits per heavy atom. The lowest BCUT2D eigenvalue weighted by Crippen LogP contribution is -2.17. The Labute approximate surface area is 118 Å². The second kappa shape index (κ2) is 5.89. The molecule has 18 heavy (non-hydrogen) atoms. The summed E-state index contributed by atoms with van der Waals surface area (Å²) in [5, 5.41) is 0.219. The summed E-state index contributed by atoms with van der Waals surface area (Å²) >= 11 is 13.1. The van der Waals surface area contributed by atoms with E-state index in [4.69, 9.17) is 33.7 Å². The molecular formula is C12H10Cl2FNOS. The first-order valence-electron chi connectivity index (χ1n) is 5.17. The Balaban J connectivity index is 2.20. The van der Waals surface area contributed by atoms with Gasteiger partial charge in [-0.1, -0.05) is 23.2 Å². The van der Waals surface area contributed by atoms with Crippen LogP contribution in [0.1, 0.15) is 11.0 Å². The summed E-state index contributed by atoms with van der Waals surface area (Å²) in [5.41, 5.74) is 5.66. The monoisotopic (exact) mass is 305 g/mol. The van der Waals surface area contributed by atoms with Gasteiger partial charge in [-0.15, -0.1) is 11.3 Å². The third-order valence-corrected chi connectivity index (χ3v) is 3.91. The second-order valence-electron chi connectivity index (χ2n) is 3.56. The Morgan fingerprint density at radius 1 is 1.28 bits per heavy atom. The molecule has 1 aromatic heterocycles. The lowest BCUT2D eigenvalue weighted by molar-refractivity contribution is 0.218. The molecule has 0 aliphatic heterocycles. The van der Waals surface area contributed by atoms with Crippen LogP contribution in [0.25, 0.3) is 0 Å². The minimum Gasteiger partial charge on any atom is -0.482 e. The first-order chi connectivity index (χ1) is 8.60. The van der Waals surface area contributed by atoms with Gasteiger partial charge in [-0.25, -0.2) is 4.39 Å². The van der Waals surface area contributed by atoms with Crippen molar-refractivity contribution < 1.29 is 9.13 Å². The highest BCUT2D eigenvalue weighted by molar-refractivity contribution is 7.16. The van der Waals surface area contributed by atoms with E-state index >= 15 is 0 Å². The van der Waals surface area contributed by atoms with Gasteiger partial charge < -0.3 is 10.5 Å². The van der Waals surface area contributed by atoms with Crippen molar-refractivity contribution in [2.24, 2.45) is 5.73 Å². The summed E-state index contributed by atoms with van der Waals surface area (Å²) < 4.78 is 19.3. The van der Waals surface area contributed by atoms with Gasteiger partial charge in [0.1, 0.15) is 17.7 Å². The molecule has 0 saturated heterocycles. The van der Waals surface area contributed by atoms with Crippen LogP contribution in [0.15, 0.2) is 30.3 Å². The third kappa shape index (κ3) is 3.14. The van der Waals surface area contributed by atoms with Crippen LogP contribution in [0.5, 0.6) is 5.75 Å². The van der Waals surface area contributed by atoms with Crippen molar-refractivity contribution in [3.05, 3.63) is 50.4 Å². The minimum atomic E-state index is -0.407. The van der Waals surface area contributed by atoms with E-state index in [0.29, 0.717) is 10.1 Å². The number of halogens is 3. The molecule has 2 N–H and O–H groups in total. The summed E-state index contributed by atoms with van der Waals surface area (Å²) in [5.74, 6) is -0.00569. The summed E-state index contributed by atoms with van der Waals surface area (Å²) in [4.78, 5) is 0.905. The molecule has 0 radical (unpaired) electrons. The topological polar surface area (TPSA) is 35.2 Å². The Morgan fingerprint density at radius 3 is 2.61 bits per heavy atom. The molecule has 0 saturated carbocycles. The molecule has 2 aromatic rings. The molecule has 0 bridgehead atoms. The van der Waals surface area contributed by atoms with E-state index in [0.717, 1.165) is 4.88 Å². The average molecular weight is 306 g/mol. The van der Waals surface area contributed by atoms with Crippen molar-refractivity contribution in [3.63, 3.8) is 0 Å². The molecule has 2 rings (SSSR count). The van der Waals surface area contributed by atoms with Gasteiger partial charge in [-0.05, 0) is 30.3 Å². The Kier molecular flexibility index (Phi) is 4.45. The van der Waals surface area contributed by atoms with Crippen molar-refractivity contribution in [3.8, 4) is 5.75 Å². The van der Waals surface area contributed by atoms with E-state index < -0.39 is 5.82 Å². The second-order valence-corrected chi connectivity index (χ2v) is 5.71. The average Bonchev–Trinajstić information content (AvgIpc) is 2.75. The van der Waals surface area contributed by atoms with Crippen LogP contribution in [0.3, 0.4) is 0 Å². The van der Waals surface area contributed by atoms with Crippen molar-refractivity contribution in [2.45, 2.75) is 6.10 Å². The third-order valence-electron chi connectivity index (χ3n) is 2.29. The van der Waals surface area contributed by atoms with E-state index in [1.54, 1.807) is 6.07 Å². The number of nitrogens with two attached hydrogens (primary N) is 1. The quantitative estimate of drug-likeness (QED) is 0.915. The number of benzene rings is 1. The van der Waals surface area contributed by atoms with Crippen LogP contribution in [0.4, 0.5) is 4.39 Å². The van der Waals surface area contributed by atoms with E-state index in [9.17, 15) is 4.39 Å². The van der Waals surface area contributed by atoms with Crippen molar-refractivity contribution in [2.75, 3.05) is 6.54 Å². The predicted octanol–water partition coefficient (Wildman–Crippen LogP) is 4.27. The molecule has 6 heteroatoms. The van der Waals surface area contributed by atoms with Crippen LogP contribution in [-0.2, 0) is 0 Å². The minimum absolute atomic E-state index is 0.219. The lowest BCUT2D eigenvalue weighted by atomic mass is 10.3. The Hall–Kier alpha value is -0.810. The van der Waals surface area contributed by atoms with Crippen molar-refractivity contribution >= 4 is 34.5 Å². The summed E-state index contributed by atoms with van der Waals surface area (Å²) in [6, 6.07) is 7.60. The highest BCUT2D eigenvalue weighted by Crippen LogP contribution is 2.33. The fourth-order valence-electron chi connectivity index (χ4n) is 1.45. The smallest absolute Gasteiger partial charge is 0.145 e. The molecule has 1 heterocycles. The zero-order valence-corrected chi connectivity index (χ0v) is 11.5. The maximum atomic E-state index is 12.9. The molecule has 0 amide bonds. The van der Waals surface area contributed by atoms with Gasteiger partial charge in [0.15, 0.2) is 0 Å². The van der Waals surface area contributed by atoms with Crippen LogP contribution in [0, 0.1) is 5.82 Å². The predicted molar refractivity (Wildman–Crippen MR) is 73.2 cm³/mol. The summed E-state index contributed by atoms with van der Waals surface area (Å²) in [6.07, 6.45) is -0.342. The molecule has 0 fully saturated rings. The Bertz CT molecular complexity index is 547. The van der Waals surface area contributed by atoms with Crippen LogP contribution < -0.4 is 10.5 Å². The fourth-order valence-corrected chi connectivity index (χ4v) is 2.76. The normalized spacial score (nSPS) is 12.4. The zero-order chi connectivity index (χ0) is 13.1. The molecule has 0 aliphatic rings. The van der Waals surface area contributed by atoms with Gasteiger partial charge in [0.25, 0.3) is 0 Å². The standard InChI is InChI=1S/C12H10Cl2FNOS/c13-8-5-7(15)1-2-9(8)17-10(6-16)11-3-4-12(14)18-11/h1-5,10H,6,16H2. The number of hydrogen-bond acceptors (Lipinski definition) is 3.